The second-order valence-electron chi connectivity index (χ2n) is 1.65. The van der Waals surface area contributed by atoms with Gasteiger partial charge in [-0.05, 0) is 0 Å². The Labute approximate surface area is 77.8 Å². The summed E-state index contributed by atoms with van der Waals surface area (Å²) < 4.78 is 0. The smallest absolute Gasteiger partial charge is 0 e. The molecule has 0 fully saturated rings. The molecule has 0 amide bonds. The van der Waals surface area contributed by atoms with Crippen molar-refractivity contribution in [3.63, 3.8) is 0 Å². The van der Waals surface area contributed by atoms with Crippen LogP contribution >= 0.6 is 0 Å². The first kappa shape index (κ1) is 10.2. The van der Waals surface area contributed by atoms with Gasteiger partial charge in [-0.2, -0.15) is 18.2 Å². The van der Waals surface area contributed by atoms with Crippen LogP contribution in [0.2, 0.25) is 0 Å². The van der Waals surface area contributed by atoms with Crippen molar-refractivity contribution >= 4 is 0 Å². The Bertz CT molecular complexity index is 144. The molecule has 0 saturated heterocycles. The van der Waals surface area contributed by atoms with Crippen molar-refractivity contribution in [1.29, 1.82) is 0 Å². The summed E-state index contributed by atoms with van der Waals surface area (Å²) in [5.74, 6) is 0. The summed E-state index contributed by atoms with van der Waals surface area (Å²) in [6, 6.07) is 22.0. The summed E-state index contributed by atoms with van der Waals surface area (Å²) in [6.45, 7) is 0. The van der Waals surface area contributed by atoms with Gasteiger partial charge in [0.1, 0.15) is 0 Å². The van der Waals surface area contributed by atoms with E-state index in [1.807, 2.05) is 30.3 Å². The van der Waals surface area contributed by atoms with E-state index in [1.165, 1.54) is 0 Å². The zero-order valence-corrected chi connectivity index (χ0v) is 6.84. The molecule has 0 unspecified atom stereocenters. The molecular weight excluding hydrogens is 179 g/mol. The summed E-state index contributed by atoms with van der Waals surface area (Å²) in [4.78, 5) is 0. The molecule has 0 heterocycles. The zero-order chi connectivity index (χ0) is 7.07. The Kier molecular flexibility index (Phi) is 6.79. The molecule has 2 rings (SSSR count). The molecule has 0 spiro atoms. The minimum Gasteiger partial charge on any atom is -0.999 e. The minimum absolute atomic E-state index is 0. The van der Waals surface area contributed by atoms with Gasteiger partial charge in [-0.1, -0.05) is 0 Å². The van der Waals surface area contributed by atoms with E-state index in [9.17, 15) is 0 Å². The molecule has 0 aliphatic rings. The molecule has 11 heavy (non-hydrogen) atoms. The maximum Gasteiger partial charge on any atom is 0 e. The largest absolute Gasteiger partial charge is 0.999 e. The fourth-order valence-electron chi connectivity index (χ4n) is 0.501. The predicted octanol–water partition coefficient (Wildman–Crippen LogP) is 2.01. The van der Waals surface area contributed by atoms with E-state index >= 15 is 0 Å². The van der Waals surface area contributed by atoms with E-state index < -0.39 is 0 Å². The zero-order valence-electron chi connectivity index (χ0n) is 5.80. The van der Waals surface area contributed by atoms with Gasteiger partial charge >= 0.3 is 0 Å². The molecule has 1 radical (unpaired) electrons. The van der Waals surface area contributed by atoms with Crippen molar-refractivity contribution in [2.45, 2.75) is 0 Å². The summed E-state index contributed by atoms with van der Waals surface area (Å²) >= 11 is 0. The first-order chi connectivity index (χ1) is 5.00. The molecule has 2 aromatic rings. The second kappa shape index (κ2) is 7.32. The quantitative estimate of drug-likeness (QED) is 0.550. The van der Waals surface area contributed by atoms with Crippen LogP contribution in [0.5, 0.6) is 0 Å². The van der Waals surface area contributed by atoms with Crippen molar-refractivity contribution in [1.82, 2.24) is 0 Å². The van der Waals surface area contributed by atoms with Crippen molar-refractivity contribution in [2.24, 2.45) is 0 Å². The predicted molar refractivity (Wildman–Crippen MR) is 39.4 cm³/mol. The van der Waals surface area contributed by atoms with Crippen LogP contribution in [0.4, 0.5) is 0 Å². The monoisotopic (exact) mass is 185 g/mol. The number of hydrogen-bond acceptors (Lipinski definition) is 0. The summed E-state index contributed by atoms with van der Waals surface area (Å²) in [7, 11) is 0. The molecule has 0 saturated carbocycles. The fraction of sp³-hybridized carbons (Fsp3) is 0. The maximum absolute atomic E-state index is 2.62. The normalized spacial score (nSPS) is 7.27. The molecule has 0 aromatic heterocycles. The van der Waals surface area contributed by atoms with Crippen molar-refractivity contribution < 1.29 is 16.8 Å². The van der Waals surface area contributed by atoms with Gasteiger partial charge in [0, 0.05) is 16.8 Å². The van der Waals surface area contributed by atoms with Gasteiger partial charge in [0.05, 0.1) is 0 Å². The van der Waals surface area contributed by atoms with Gasteiger partial charge in [-0.3, -0.25) is 0 Å². The topological polar surface area (TPSA) is 0 Å². The van der Waals surface area contributed by atoms with E-state index in [0.29, 0.717) is 0 Å². The average Bonchev–Trinajstić information content (AvgIpc) is 2.67. The minimum atomic E-state index is 0. The van der Waals surface area contributed by atoms with Gasteiger partial charge in [0.15, 0.2) is 0 Å². The van der Waals surface area contributed by atoms with Crippen LogP contribution in [-0.4, -0.2) is 0 Å². The fourth-order valence-corrected chi connectivity index (χ4v) is 0.501. The maximum atomic E-state index is 2.62. The van der Waals surface area contributed by atoms with Crippen LogP contribution in [0.15, 0.2) is 36.4 Å². The SMILES string of the molecule is [Co].[c-]1[c-][c-][cH-][c-]1.c1cc[cH-]c1. The van der Waals surface area contributed by atoms with Crippen molar-refractivity contribution in [2.75, 3.05) is 0 Å². The Morgan fingerprint density at radius 2 is 1.45 bits per heavy atom. The van der Waals surface area contributed by atoms with Crippen LogP contribution < -0.4 is 0 Å². The molecule has 0 bridgehead atoms. The van der Waals surface area contributed by atoms with E-state index in [0.717, 1.165) is 0 Å². The molecular formula is C10H6Co-6. The van der Waals surface area contributed by atoms with Crippen molar-refractivity contribution in [3.8, 4) is 0 Å². The Hall–Kier alpha value is -0.794. The van der Waals surface area contributed by atoms with Gasteiger partial charge in [-0.25, -0.2) is 12.1 Å². The molecule has 0 aliphatic heterocycles. The number of hydrogen-bond donors (Lipinski definition) is 0. The van der Waals surface area contributed by atoms with E-state index in [1.54, 1.807) is 6.07 Å². The average molecular weight is 185 g/mol. The van der Waals surface area contributed by atoms with Gasteiger partial charge < -0.3 is 30.3 Å². The second-order valence-corrected chi connectivity index (χ2v) is 1.65. The molecule has 0 aliphatic carbocycles. The Balaban J connectivity index is 0.000000167. The molecule has 61 valence electrons. The van der Waals surface area contributed by atoms with Crippen LogP contribution in [0.1, 0.15) is 0 Å². The standard InChI is InChI=1S/C5H5.C5H.Co/c2*1-2-4-5-3-1;/h1-5H;1H;/q-1;-5;. The van der Waals surface area contributed by atoms with Crippen molar-refractivity contribution in [3.05, 3.63) is 60.7 Å². The first-order valence-corrected chi connectivity index (χ1v) is 2.99. The van der Waals surface area contributed by atoms with E-state index in [-0.39, 0.29) is 16.8 Å². The third kappa shape index (κ3) is 5.64. The van der Waals surface area contributed by atoms with Crippen LogP contribution in [0, 0.1) is 24.3 Å². The van der Waals surface area contributed by atoms with Crippen LogP contribution in [-0.2, 0) is 16.8 Å². The first-order valence-electron chi connectivity index (χ1n) is 2.99. The molecule has 2 aromatic carbocycles. The van der Waals surface area contributed by atoms with Crippen LogP contribution in [0.25, 0.3) is 0 Å². The Morgan fingerprint density at radius 1 is 0.909 bits per heavy atom. The number of rotatable bonds is 0. The molecule has 0 nitrogen and oxygen atoms in total. The van der Waals surface area contributed by atoms with Gasteiger partial charge in [-0.15, -0.1) is 0 Å². The van der Waals surface area contributed by atoms with Gasteiger partial charge in [0.25, 0.3) is 0 Å². The summed E-state index contributed by atoms with van der Waals surface area (Å²) in [5.41, 5.74) is 0. The molecule has 0 atom stereocenters. The molecule has 1 heteroatoms. The van der Waals surface area contributed by atoms with E-state index in [4.69, 9.17) is 0 Å². The Morgan fingerprint density at radius 3 is 1.64 bits per heavy atom. The van der Waals surface area contributed by atoms with Crippen LogP contribution in [0.3, 0.4) is 0 Å². The summed E-state index contributed by atoms with van der Waals surface area (Å²) in [5, 5.41) is 0. The van der Waals surface area contributed by atoms with E-state index in [2.05, 4.69) is 24.3 Å². The summed E-state index contributed by atoms with van der Waals surface area (Å²) in [6.07, 6.45) is 0. The van der Waals surface area contributed by atoms with Gasteiger partial charge in [0.2, 0.25) is 0 Å². The third-order valence-corrected chi connectivity index (χ3v) is 0.907. The molecule has 0 N–H and O–H groups in total. The third-order valence-electron chi connectivity index (χ3n) is 0.907.